The Balaban J connectivity index is 4.89. The number of nitrogens with one attached hydrogen (secondary N) is 4. The molecule has 0 bridgehead atoms. The van der Waals surface area contributed by atoms with Crippen LogP contribution in [0.1, 0.15) is 38.5 Å². The predicted molar refractivity (Wildman–Crippen MR) is 132 cm³/mol. The molecular formula is C18H31N7O12S2. The van der Waals surface area contributed by atoms with Gasteiger partial charge in [-0.15, -0.1) is 0 Å². The minimum atomic E-state index is -4.50. The second kappa shape index (κ2) is 17.9. The van der Waals surface area contributed by atoms with Crippen molar-refractivity contribution in [3.8, 4) is 0 Å². The fraction of sp³-hybridized carbons (Fsp3) is 0.722. The van der Waals surface area contributed by atoms with Crippen LogP contribution in [0.3, 0.4) is 0 Å². The van der Waals surface area contributed by atoms with E-state index >= 15 is 0 Å². The number of hydrogen-bond acceptors (Lipinski definition) is 10. The molecule has 0 aromatic rings. The van der Waals surface area contributed by atoms with Crippen LogP contribution in [0.4, 0.5) is 0 Å². The third-order valence-electron chi connectivity index (χ3n) is 4.65. The fourth-order valence-electron chi connectivity index (χ4n) is 2.97. The van der Waals surface area contributed by atoms with Gasteiger partial charge < -0.3 is 26.4 Å². The number of carbonyl (C=O) groups is 5. The molecule has 222 valence electrons. The molecule has 0 radical (unpaired) electrons. The van der Waals surface area contributed by atoms with Gasteiger partial charge in [-0.25, -0.2) is 4.79 Å². The van der Waals surface area contributed by atoms with Gasteiger partial charge in [0, 0.05) is 18.0 Å². The molecule has 0 aromatic carbocycles. The number of aliphatic carboxylic acids is 1. The number of nitrogens with zero attached hydrogens (tertiary/aromatic N) is 3. The van der Waals surface area contributed by atoms with Gasteiger partial charge >= 0.3 is 5.97 Å². The lowest BCUT2D eigenvalue weighted by atomic mass is 10.1. The SMILES string of the molecule is [N-]=[N+]=NCC(=O)NC(CCCCNC(=O)CS(=O)(=O)O)C(=O)N[C@@H](CCCCNC(=O)CS(=O)(=O)O)C(=O)O. The summed E-state index contributed by atoms with van der Waals surface area (Å²) >= 11 is 0. The van der Waals surface area contributed by atoms with Crippen molar-refractivity contribution in [2.45, 2.75) is 50.6 Å². The molecule has 0 aromatic heterocycles. The fourth-order valence-corrected chi connectivity index (χ4v) is 3.84. The van der Waals surface area contributed by atoms with Gasteiger partial charge in [0.05, 0.1) is 0 Å². The molecule has 7 N–H and O–H groups in total. The molecule has 0 fully saturated rings. The number of carboxylic acids is 1. The Morgan fingerprint density at radius 3 is 1.62 bits per heavy atom. The van der Waals surface area contributed by atoms with E-state index in [1.54, 1.807) is 0 Å². The summed E-state index contributed by atoms with van der Waals surface area (Å²) in [7, 11) is -8.98. The first-order valence-corrected chi connectivity index (χ1v) is 14.5. The van der Waals surface area contributed by atoms with Crippen molar-refractivity contribution < 1.29 is 55.0 Å². The second-order valence-corrected chi connectivity index (χ2v) is 11.0. The maximum atomic E-state index is 12.7. The molecule has 39 heavy (non-hydrogen) atoms. The van der Waals surface area contributed by atoms with E-state index in [1.165, 1.54) is 0 Å². The van der Waals surface area contributed by atoms with Crippen molar-refractivity contribution in [2.24, 2.45) is 5.11 Å². The topological polar surface area (TPSA) is 311 Å². The minimum absolute atomic E-state index is 0.0200. The summed E-state index contributed by atoms with van der Waals surface area (Å²) < 4.78 is 59.9. The highest BCUT2D eigenvalue weighted by Gasteiger charge is 2.26. The quantitative estimate of drug-likeness (QED) is 0.0255. The summed E-state index contributed by atoms with van der Waals surface area (Å²) in [5, 5.41) is 21.6. The van der Waals surface area contributed by atoms with Crippen molar-refractivity contribution in [2.75, 3.05) is 31.1 Å². The lowest BCUT2D eigenvalue weighted by Crippen LogP contribution is -2.52. The van der Waals surface area contributed by atoms with Gasteiger partial charge in [-0.05, 0) is 44.1 Å². The van der Waals surface area contributed by atoms with Gasteiger partial charge in [0.15, 0.2) is 11.5 Å². The van der Waals surface area contributed by atoms with Crippen molar-refractivity contribution in [1.29, 1.82) is 0 Å². The molecule has 0 spiro atoms. The van der Waals surface area contributed by atoms with E-state index in [1.807, 2.05) is 0 Å². The molecule has 4 amide bonds. The normalized spacial score (nSPS) is 12.8. The zero-order valence-corrected chi connectivity index (χ0v) is 22.2. The minimum Gasteiger partial charge on any atom is -0.480 e. The smallest absolute Gasteiger partial charge is 0.326 e. The molecule has 0 rings (SSSR count). The summed E-state index contributed by atoms with van der Waals surface area (Å²) in [4.78, 5) is 61.4. The Bertz CT molecular complexity index is 1140. The summed E-state index contributed by atoms with van der Waals surface area (Å²) in [6.45, 7) is -0.668. The number of carboxylic acid groups (broad SMARTS) is 1. The van der Waals surface area contributed by atoms with Crippen LogP contribution in [0.2, 0.25) is 0 Å². The first kappa shape index (κ1) is 35.5. The highest BCUT2D eigenvalue weighted by Crippen LogP contribution is 2.06. The Morgan fingerprint density at radius 1 is 0.744 bits per heavy atom. The number of hydrogen-bond donors (Lipinski definition) is 7. The van der Waals surface area contributed by atoms with Gasteiger partial charge in [-0.3, -0.25) is 28.3 Å². The zero-order valence-electron chi connectivity index (χ0n) is 20.6. The number of rotatable bonds is 20. The van der Waals surface area contributed by atoms with Crippen LogP contribution in [0.5, 0.6) is 0 Å². The number of unbranched alkanes of at least 4 members (excludes halogenated alkanes) is 2. The van der Waals surface area contributed by atoms with Crippen LogP contribution in [-0.2, 0) is 44.2 Å². The van der Waals surface area contributed by atoms with Gasteiger partial charge in [0.2, 0.25) is 23.6 Å². The molecule has 0 aliphatic heterocycles. The van der Waals surface area contributed by atoms with E-state index in [-0.39, 0.29) is 51.6 Å². The van der Waals surface area contributed by atoms with Crippen LogP contribution >= 0.6 is 0 Å². The van der Waals surface area contributed by atoms with Crippen LogP contribution in [0.15, 0.2) is 5.11 Å². The van der Waals surface area contributed by atoms with E-state index < -0.39 is 80.0 Å². The van der Waals surface area contributed by atoms with Gasteiger partial charge in [-0.2, -0.15) is 16.8 Å². The Hall–Kier alpha value is -3.52. The molecule has 0 saturated carbocycles. The summed E-state index contributed by atoms with van der Waals surface area (Å²) in [5.74, 6) is -7.21. The lowest BCUT2D eigenvalue weighted by Gasteiger charge is -2.21. The Labute approximate surface area is 223 Å². The third kappa shape index (κ3) is 20.2. The lowest BCUT2D eigenvalue weighted by molar-refractivity contribution is -0.142. The molecule has 1 unspecified atom stereocenters. The van der Waals surface area contributed by atoms with Gasteiger partial charge in [-0.1, -0.05) is 5.11 Å². The van der Waals surface area contributed by atoms with Crippen molar-refractivity contribution in [1.82, 2.24) is 21.3 Å². The first-order valence-electron chi connectivity index (χ1n) is 11.3. The van der Waals surface area contributed by atoms with Crippen LogP contribution in [0.25, 0.3) is 10.4 Å². The number of azide groups is 1. The maximum Gasteiger partial charge on any atom is 0.326 e. The monoisotopic (exact) mass is 601 g/mol. The van der Waals surface area contributed by atoms with E-state index in [2.05, 4.69) is 31.3 Å². The zero-order chi connectivity index (χ0) is 30.1. The van der Waals surface area contributed by atoms with E-state index in [4.69, 9.17) is 14.6 Å². The average molecular weight is 602 g/mol. The highest BCUT2D eigenvalue weighted by atomic mass is 32.2. The Morgan fingerprint density at radius 2 is 1.21 bits per heavy atom. The van der Waals surface area contributed by atoms with E-state index in [9.17, 15) is 45.9 Å². The highest BCUT2D eigenvalue weighted by molar-refractivity contribution is 7.86. The molecular weight excluding hydrogens is 570 g/mol. The van der Waals surface area contributed by atoms with Crippen molar-refractivity contribution >= 4 is 49.8 Å². The molecule has 19 nitrogen and oxygen atoms in total. The van der Waals surface area contributed by atoms with Crippen LogP contribution in [-0.4, -0.2) is 104 Å². The van der Waals surface area contributed by atoms with Crippen LogP contribution in [0, 0.1) is 0 Å². The summed E-state index contributed by atoms with van der Waals surface area (Å²) in [6.07, 6.45) is 0.696. The molecule has 0 saturated heterocycles. The molecule has 21 heteroatoms. The summed E-state index contributed by atoms with van der Waals surface area (Å²) in [6, 6.07) is -2.64. The first-order chi connectivity index (χ1) is 18.0. The Kier molecular flexibility index (Phi) is 16.3. The number of amides is 4. The molecule has 0 aliphatic rings. The third-order valence-corrected chi connectivity index (χ3v) is 5.91. The maximum absolute atomic E-state index is 12.7. The average Bonchev–Trinajstić information content (AvgIpc) is 2.78. The van der Waals surface area contributed by atoms with Gasteiger partial charge in [0.1, 0.15) is 18.6 Å². The van der Waals surface area contributed by atoms with Gasteiger partial charge in [0.25, 0.3) is 20.2 Å². The standard InChI is InChI=1S/C18H31N7O12S2/c19-25-22-9-14(26)23-12(5-1-3-7-20-15(27)10-38(32,33)34)17(29)24-13(18(30)31)6-2-4-8-21-16(28)11-39(35,36)37/h12-13H,1-11H2,(H,20,27)(H,21,28)(H,23,26)(H,24,29)(H,30,31)(H,32,33,34)(H,35,36,37)/t12?,13-/m0/s1. The summed E-state index contributed by atoms with van der Waals surface area (Å²) in [5.41, 5.74) is 8.34. The molecule has 0 heterocycles. The number of carbonyl (C=O) groups excluding carboxylic acids is 4. The predicted octanol–water partition coefficient (Wildman–Crippen LogP) is -2.30. The van der Waals surface area contributed by atoms with Crippen molar-refractivity contribution in [3.63, 3.8) is 0 Å². The molecule has 0 aliphatic carbocycles. The largest absolute Gasteiger partial charge is 0.480 e. The molecule has 2 atom stereocenters. The van der Waals surface area contributed by atoms with E-state index in [0.29, 0.717) is 0 Å². The van der Waals surface area contributed by atoms with Crippen LogP contribution < -0.4 is 21.3 Å². The van der Waals surface area contributed by atoms with Crippen molar-refractivity contribution in [3.05, 3.63) is 10.4 Å². The second-order valence-electron chi connectivity index (χ2n) is 8.05. The van der Waals surface area contributed by atoms with E-state index in [0.717, 1.165) is 0 Å².